The van der Waals surface area contributed by atoms with Crippen molar-refractivity contribution in [2.75, 3.05) is 19.6 Å². The van der Waals surface area contributed by atoms with Crippen LogP contribution in [0.3, 0.4) is 0 Å². The molecule has 17 heavy (non-hydrogen) atoms. The molecular weight excluding hydrogens is 212 g/mol. The van der Waals surface area contributed by atoms with Crippen molar-refractivity contribution in [1.29, 1.82) is 0 Å². The summed E-state index contributed by atoms with van der Waals surface area (Å²) in [6.45, 7) is 9.83. The van der Waals surface area contributed by atoms with Crippen molar-refractivity contribution < 1.29 is 4.79 Å². The smallest absolute Gasteiger partial charge is 0.230 e. The summed E-state index contributed by atoms with van der Waals surface area (Å²) in [7, 11) is 0. The fourth-order valence-electron chi connectivity index (χ4n) is 2.67. The maximum absolute atomic E-state index is 12.6. The zero-order valence-corrected chi connectivity index (χ0v) is 11.2. The highest BCUT2D eigenvalue weighted by molar-refractivity contribution is 5.83. The highest BCUT2D eigenvalue weighted by atomic mass is 16.2. The molecule has 1 saturated carbocycles. The van der Waals surface area contributed by atoms with E-state index in [0.29, 0.717) is 13.1 Å². The number of likely N-dealkylation sites (N-methyl/N-ethyl adjacent to an activating group) is 1. The molecule has 1 aliphatic carbocycles. The Morgan fingerprint density at radius 2 is 2.12 bits per heavy atom. The summed E-state index contributed by atoms with van der Waals surface area (Å²) in [5.74, 6) is 0.964. The zero-order valence-electron chi connectivity index (χ0n) is 11.2. The fourth-order valence-corrected chi connectivity index (χ4v) is 2.67. The number of hydrogen-bond acceptors (Lipinski definition) is 2. The molecule has 3 nitrogen and oxygen atoms in total. The first kappa shape index (κ1) is 14.2. The summed E-state index contributed by atoms with van der Waals surface area (Å²) in [6, 6.07) is 0. The first-order chi connectivity index (χ1) is 8.09. The first-order valence-electron chi connectivity index (χ1n) is 6.70. The van der Waals surface area contributed by atoms with Crippen LogP contribution in [0.2, 0.25) is 0 Å². The lowest BCUT2D eigenvalue weighted by Crippen LogP contribution is -2.49. The number of hydrogen-bond donors (Lipinski definition) is 1. The van der Waals surface area contributed by atoms with Crippen LogP contribution < -0.4 is 5.73 Å². The third kappa shape index (κ3) is 3.09. The van der Waals surface area contributed by atoms with Crippen LogP contribution in [0, 0.1) is 11.3 Å². The van der Waals surface area contributed by atoms with Gasteiger partial charge in [-0.05, 0) is 38.5 Å². The molecule has 98 valence electrons. The van der Waals surface area contributed by atoms with Gasteiger partial charge in [-0.2, -0.15) is 0 Å². The van der Waals surface area contributed by atoms with E-state index in [0.717, 1.165) is 38.1 Å². The Labute approximate surface area is 105 Å². The molecule has 0 saturated heterocycles. The van der Waals surface area contributed by atoms with Crippen molar-refractivity contribution in [2.45, 2.75) is 39.5 Å². The molecule has 1 fully saturated rings. The van der Waals surface area contributed by atoms with Gasteiger partial charge in [0.1, 0.15) is 0 Å². The molecule has 0 aromatic heterocycles. The van der Waals surface area contributed by atoms with E-state index in [4.69, 9.17) is 5.73 Å². The van der Waals surface area contributed by atoms with Gasteiger partial charge < -0.3 is 10.6 Å². The number of nitrogens with zero attached hydrogens (tertiary/aromatic N) is 1. The van der Waals surface area contributed by atoms with Gasteiger partial charge in [0.15, 0.2) is 0 Å². The van der Waals surface area contributed by atoms with Gasteiger partial charge in [0, 0.05) is 19.6 Å². The third-order valence-corrected chi connectivity index (χ3v) is 4.09. The van der Waals surface area contributed by atoms with E-state index < -0.39 is 0 Å². The second-order valence-electron chi connectivity index (χ2n) is 5.30. The van der Waals surface area contributed by atoms with Gasteiger partial charge in [-0.15, -0.1) is 6.58 Å². The average Bonchev–Trinajstić information content (AvgIpc) is 2.36. The van der Waals surface area contributed by atoms with Crippen LogP contribution in [0.25, 0.3) is 0 Å². The first-order valence-corrected chi connectivity index (χ1v) is 6.70. The van der Waals surface area contributed by atoms with E-state index in [1.807, 2.05) is 11.8 Å². The number of amides is 1. The van der Waals surface area contributed by atoms with Crippen LogP contribution in [-0.2, 0) is 4.79 Å². The number of carbonyl (C=O) groups is 1. The van der Waals surface area contributed by atoms with Crippen molar-refractivity contribution in [2.24, 2.45) is 17.1 Å². The highest BCUT2D eigenvalue weighted by Gasteiger charge is 2.41. The van der Waals surface area contributed by atoms with Crippen LogP contribution in [0.4, 0.5) is 0 Å². The minimum atomic E-state index is -0.300. The molecule has 0 heterocycles. The van der Waals surface area contributed by atoms with E-state index >= 15 is 0 Å². The van der Waals surface area contributed by atoms with Crippen molar-refractivity contribution in [3.05, 3.63) is 12.7 Å². The summed E-state index contributed by atoms with van der Waals surface area (Å²) in [5, 5.41) is 0. The molecule has 0 atom stereocenters. The Kier molecular flexibility index (Phi) is 5.19. The van der Waals surface area contributed by atoms with Gasteiger partial charge >= 0.3 is 0 Å². The molecule has 0 spiro atoms. The van der Waals surface area contributed by atoms with E-state index in [-0.39, 0.29) is 11.3 Å². The number of carbonyl (C=O) groups excluding carboxylic acids is 1. The molecule has 0 aliphatic heterocycles. The van der Waals surface area contributed by atoms with E-state index in [9.17, 15) is 4.79 Å². The molecule has 0 bridgehead atoms. The third-order valence-electron chi connectivity index (χ3n) is 4.09. The molecule has 2 N–H and O–H groups in total. The largest absolute Gasteiger partial charge is 0.339 e. The van der Waals surface area contributed by atoms with Gasteiger partial charge in [-0.25, -0.2) is 0 Å². The molecule has 3 heteroatoms. The predicted octanol–water partition coefficient (Wildman–Crippen LogP) is 2.18. The normalized spacial score (nSPS) is 28.8. The second kappa shape index (κ2) is 6.20. The Balaban J connectivity index is 2.77. The summed E-state index contributed by atoms with van der Waals surface area (Å²) < 4.78 is 0. The molecule has 0 aromatic carbocycles. The van der Waals surface area contributed by atoms with Crippen molar-refractivity contribution >= 4 is 5.91 Å². The molecule has 1 amide bonds. The lowest BCUT2D eigenvalue weighted by atomic mass is 9.70. The van der Waals surface area contributed by atoms with Crippen molar-refractivity contribution in [3.63, 3.8) is 0 Å². The van der Waals surface area contributed by atoms with E-state index in [2.05, 4.69) is 13.5 Å². The van der Waals surface area contributed by atoms with Gasteiger partial charge in [0.25, 0.3) is 0 Å². The molecule has 0 radical (unpaired) electrons. The summed E-state index contributed by atoms with van der Waals surface area (Å²) in [6.07, 6.45) is 5.91. The van der Waals surface area contributed by atoms with Gasteiger partial charge in [-0.1, -0.05) is 13.0 Å². The lowest BCUT2D eigenvalue weighted by Gasteiger charge is -2.40. The Morgan fingerprint density at radius 1 is 1.53 bits per heavy atom. The quantitative estimate of drug-likeness (QED) is 0.746. The topological polar surface area (TPSA) is 46.3 Å². The molecule has 1 aliphatic rings. The van der Waals surface area contributed by atoms with Crippen LogP contribution in [-0.4, -0.2) is 30.4 Å². The average molecular weight is 238 g/mol. The Morgan fingerprint density at radius 3 is 2.53 bits per heavy atom. The minimum Gasteiger partial charge on any atom is -0.339 e. The highest BCUT2D eigenvalue weighted by Crippen LogP contribution is 2.39. The predicted molar refractivity (Wildman–Crippen MR) is 71.6 cm³/mol. The Hall–Kier alpha value is -0.830. The summed E-state index contributed by atoms with van der Waals surface area (Å²) in [4.78, 5) is 14.4. The fraction of sp³-hybridized carbons (Fsp3) is 0.786. The van der Waals surface area contributed by atoms with E-state index in [1.165, 1.54) is 0 Å². The van der Waals surface area contributed by atoms with Crippen LogP contribution >= 0.6 is 0 Å². The van der Waals surface area contributed by atoms with Crippen LogP contribution in [0.1, 0.15) is 39.5 Å². The molecule has 0 unspecified atom stereocenters. The minimum absolute atomic E-state index is 0.231. The van der Waals surface area contributed by atoms with Crippen molar-refractivity contribution in [1.82, 2.24) is 4.90 Å². The van der Waals surface area contributed by atoms with Gasteiger partial charge in [0.05, 0.1) is 5.41 Å². The summed E-state index contributed by atoms with van der Waals surface area (Å²) >= 11 is 0. The maximum Gasteiger partial charge on any atom is 0.230 e. The van der Waals surface area contributed by atoms with Crippen molar-refractivity contribution in [3.8, 4) is 0 Å². The second-order valence-corrected chi connectivity index (χ2v) is 5.30. The van der Waals surface area contributed by atoms with Crippen LogP contribution in [0.5, 0.6) is 0 Å². The standard InChI is InChI=1S/C14H26N2O/c1-4-10-16(5-2)13(17)14(11-15)8-6-12(3)7-9-14/h4,12H,1,5-11,15H2,2-3H3. The monoisotopic (exact) mass is 238 g/mol. The van der Waals surface area contributed by atoms with Crippen LogP contribution in [0.15, 0.2) is 12.7 Å². The van der Waals surface area contributed by atoms with Gasteiger partial charge in [-0.3, -0.25) is 4.79 Å². The lowest BCUT2D eigenvalue weighted by molar-refractivity contribution is -0.143. The number of rotatable bonds is 5. The zero-order chi connectivity index (χ0) is 12.9. The molecular formula is C14H26N2O. The Bertz CT molecular complexity index is 267. The maximum atomic E-state index is 12.6. The number of nitrogens with two attached hydrogens (primary N) is 1. The summed E-state index contributed by atoms with van der Waals surface area (Å²) in [5.41, 5.74) is 5.60. The van der Waals surface area contributed by atoms with E-state index in [1.54, 1.807) is 6.08 Å². The molecule has 1 rings (SSSR count). The molecule has 0 aromatic rings. The SMILES string of the molecule is C=CCN(CC)C(=O)C1(CN)CCC(C)CC1. The van der Waals surface area contributed by atoms with Gasteiger partial charge in [0.2, 0.25) is 5.91 Å².